The highest BCUT2D eigenvalue weighted by atomic mass is 32.2. The first kappa shape index (κ1) is 23.4. The molecule has 0 aliphatic carbocycles. The van der Waals surface area contributed by atoms with Crippen LogP contribution in [0.25, 0.3) is 12.2 Å². The summed E-state index contributed by atoms with van der Waals surface area (Å²) in [4.78, 5) is 20.6. The molecule has 0 radical (unpaired) electrons. The number of nitro benzene ring substituents is 1. The van der Waals surface area contributed by atoms with Gasteiger partial charge in [-0.2, -0.15) is 8.42 Å². The zero-order valence-corrected chi connectivity index (χ0v) is 18.4. The molecule has 12 nitrogen and oxygen atoms in total. The molecule has 13 heteroatoms. The molecule has 0 fully saturated rings. The molecule has 33 heavy (non-hydrogen) atoms. The van der Waals surface area contributed by atoms with Crippen molar-refractivity contribution in [1.29, 1.82) is 0 Å². The van der Waals surface area contributed by atoms with Gasteiger partial charge in [0.25, 0.3) is 5.69 Å². The van der Waals surface area contributed by atoms with Crippen molar-refractivity contribution in [1.82, 2.24) is 5.16 Å². The van der Waals surface area contributed by atoms with Crippen LogP contribution in [0.2, 0.25) is 0 Å². The lowest BCUT2D eigenvalue weighted by Gasteiger charge is -2.11. The Labute approximate surface area is 187 Å². The second kappa shape index (κ2) is 9.08. The lowest BCUT2D eigenvalue weighted by molar-refractivity contribution is -0.386. The second-order valence-electron chi connectivity index (χ2n) is 6.72. The molecule has 0 bridgehead atoms. The van der Waals surface area contributed by atoms with Crippen molar-refractivity contribution in [2.45, 2.75) is 18.7 Å². The van der Waals surface area contributed by atoms with Crippen LogP contribution in [-0.2, 0) is 10.1 Å². The number of hydrogen-bond acceptors (Lipinski definition) is 10. The van der Waals surface area contributed by atoms with E-state index >= 15 is 0 Å². The van der Waals surface area contributed by atoms with Crippen LogP contribution in [0.5, 0.6) is 11.5 Å². The summed E-state index contributed by atoms with van der Waals surface area (Å²) in [6.07, 6.45) is 2.83. The largest absolute Gasteiger partial charge is 0.493 e. The van der Waals surface area contributed by atoms with Crippen molar-refractivity contribution in [2.24, 2.45) is 0 Å². The van der Waals surface area contributed by atoms with E-state index in [1.807, 2.05) is 0 Å². The Morgan fingerprint density at radius 3 is 2.36 bits per heavy atom. The average Bonchev–Trinajstić information content (AvgIpc) is 3.13. The molecule has 0 N–H and O–H groups in total. The third-order valence-corrected chi connectivity index (χ3v) is 5.75. The number of methoxy groups -OCH3 is 1. The minimum Gasteiger partial charge on any atom is -0.493 e. The molecular formula is C20H17N3O9S. The minimum atomic E-state index is -4.40. The maximum Gasteiger partial charge on any atom is 0.339 e. The predicted molar refractivity (Wildman–Crippen MR) is 115 cm³/mol. The highest BCUT2D eigenvalue weighted by Crippen LogP contribution is 2.33. The molecule has 0 saturated carbocycles. The molecule has 1 aromatic heterocycles. The Hall–Kier alpha value is -4.26. The summed E-state index contributed by atoms with van der Waals surface area (Å²) < 4.78 is 40.6. The normalized spacial score (nSPS) is 11.5. The van der Waals surface area contributed by atoms with E-state index < -0.39 is 20.0 Å². The van der Waals surface area contributed by atoms with E-state index in [2.05, 4.69) is 5.16 Å². The van der Waals surface area contributed by atoms with Crippen LogP contribution in [0.3, 0.4) is 0 Å². The Morgan fingerprint density at radius 2 is 1.73 bits per heavy atom. The van der Waals surface area contributed by atoms with Gasteiger partial charge in [-0.15, -0.1) is 0 Å². The Balaban J connectivity index is 1.90. The molecule has 0 spiro atoms. The maximum absolute atomic E-state index is 12.7. The average molecular weight is 475 g/mol. The van der Waals surface area contributed by atoms with Gasteiger partial charge in [0.2, 0.25) is 5.76 Å². The number of nitrogens with zero attached hydrogens (tertiary/aromatic N) is 3. The van der Waals surface area contributed by atoms with Gasteiger partial charge in [0.05, 0.1) is 17.0 Å². The number of nitro groups is 2. The summed E-state index contributed by atoms with van der Waals surface area (Å²) >= 11 is 0. The lowest BCUT2D eigenvalue weighted by Crippen LogP contribution is -2.11. The van der Waals surface area contributed by atoms with Gasteiger partial charge in [-0.3, -0.25) is 20.2 Å². The maximum atomic E-state index is 12.7. The van der Waals surface area contributed by atoms with E-state index in [9.17, 15) is 28.6 Å². The SMILES string of the molecule is COc1cc(/C=C/c2onc(C)c2[N+](=O)[O-])ccc1OS(=O)(=O)c1ccc(C)c([N+](=O)[O-])c1. The van der Waals surface area contributed by atoms with E-state index in [4.69, 9.17) is 13.4 Å². The van der Waals surface area contributed by atoms with E-state index in [0.29, 0.717) is 11.1 Å². The molecule has 0 saturated heterocycles. The lowest BCUT2D eigenvalue weighted by atomic mass is 10.1. The third kappa shape index (κ3) is 4.98. The molecule has 0 aliphatic heterocycles. The van der Waals surface area contributed by atoms with Gasteiger partial charge in [0, 0.05) is 11.6 Å². The number of ether oxygens (including phenoxy) is 1. The number of aryl methyl sites for hydroxylation is 2. The van der Waals surface area contributed by atoms with E-state index in [-0.39, 0.29) is 39.2 Å². The van der Waals surface area contributed by atoms with Gasteiger partial charge in [-0.1, -0.05) is 23.4 Å². The number of hydrogen-bond donors (Lipinski definition) is 0. The number of benzene rings is 2. The van der Waals surface area contributed by atoms with Crippen LogP contribution in [0, 0.1) is 34.1 Å². The zero-order valence-electron chi connectivity index (χ0n) is 17.5. The Morgan fingerprint density at radius 1 is 1.00 bits per heavy atom. The van der Waals surface area contributed by atoms with Crippen LogP contribution in [-0.4, -0.2) is 30.5 Å². The Kier molecular flexibility index (Phi) is 6.44. The fraction of sp³-hybridized carbons (Fsp3) is 0.150. The fourth-order valence-corrected chi connectivity index (χ4v) is 3.81. The number of aromatic nitrogens is 1. The van der Waals surface area contributed by atoms with Gasteiger partial charge in [-0.25, -0.2) is 0 Å². The van der Waals surface area contributed by atoms with E-state index in [0.717, 1.165) is 6.07 Å². The summed E-state index contributed by atoms with van der Waals surface area (Å²) in [5.74, 6) is -0.162. The smallest absolute Gasteiger partial charge is 0.339 e. The van der Waals surface area contributed by atoms with Crippen LogP contribution < -0.4 is 8.92 Å². The summed E-state index contributed by atoms with van der Waals surface area (Å²) in [5, 5.41) is 25.8. The molecule has 0 amide bonds. The first-order chi connectivity index (χ1) is 15.5. The topological polar surface area (TPSA) is 165 Å². The van der Waals surface area contributed by atoms with Gasteiger partial charge in [0.15, 0.2) is 17.2 Å². The molecule has 0 unspecified atom stereocenters. The minimum absolute atomic E-state index is 0.0468. The quantitative estimate of drug-likeness (QED) is 0.263. The molecule has 172 valence electrons. The van der Waals surface area contributed by atoms with E-state index in [1.54, 1.807) is 0 Å². The van der Waals surface area contributed by atoms with Crippen molar-refractivity contribution in [2.75, 3.05) is 7.11 Å². The van der Waals surface area contributed by atoms with Gasteiger partial charge in [-0.05, 0) is 43.7 Å². The second-order valence-corrected chi connectivity index (χ2v) is 8.27. The molecule has 1 heterocycles. The van der Waals surface area contributed by atoms with Crippen molar-refractivity contribution < 1.29 is 31.7 Å². The van der Waals surface area contributed by atoms with Gasteiger partial charge >= 0.3 is 15.8 Å². The predicted octanol–water partition coefficient (Wildman–Crippen LogP) is 4.05. The molecule has 2 aromatic carbocycles. The van der Waals surface area contributed by atoms with E-state index in [1.165, 1.54) is 63.4 Å². The molecule has 3 aromatic rings. The first-order valence-corrected chi connectivity index (χ1v) is 10.6. The van der Waals surface area contributed by atoms with Crippen molar-refractivity contribution in [3.05, 3.63) is 79.2 Å². The highest BCUT2D eigenvalue weighted by molar-refractivity contribution is 7.87. The summed E-state index contributed by atoms with van der Waals surface area (Å²) in [7, 11) is -3.10. The Bertz CT molecular complexity index is 1380. The number of rotatable bonds is 8. The van der Waals surface area contributed by atoms with Crippen molar-refractivity contribution in [3.63, 3.8) is 0 Å². The van der Waals surface area contributed by atoms with Gasteiger partial charge < -0.3 is 13.4 Å². The summed E-state index contributed by atoms with van der Waals surface area (Å²) in [6, 6.07) is 7.67. The third-order valence-electron chi connectivity index (χ3n) is 4.52. The summed E-state index contributed by atoms with van der Waals surface area (Å²) in [6.45, 7) is 2.93. The van der Waals surface area contributed by atoms with Crippen molar-refractivity contribution >= 4 is 33.6 Å². The van der Waals surface area contributed by atoms with Crippen LogP contribution in [0.4, 0.5) is 11.4 Å². The summed E-state index contributed by atoms with van der Waals surface area (Å²) in [5.41, 5.74) is 0.295. The van der Waals surface area contributed by atoms with Crippen molar-refractivity contribution in [3.8, 4) is 11.5 Å². The monoisotopic (exact) mass is 475 g/mol. The van der Waals surface area contributed by atoms with Crippen LogP contribution >= 0.6 is 0 Å². The molecule has 0 atom stereocenters. The van der Waals surface area contributed by atoms with Crippen LogP contribution in [0.15, 0.2) is 45.8 Å². The molecular weight excluding hydrogens is 458 g/mol. The van der Waals surface area contributed by atoms with Gasteiger partial charge in [0.1, 0.15) is 4.90 Å². The first-order valence-electron chi connectivity index (χ1n) is 9.20. The zero-order chi connectivity index (χ0) is 24.3. The molecule has 3 rings (SSSR count). The fourth-order valence-electron chi connectivity index (χ4n) is 2.85. The molecule has 0 aliphatic rings. The standard InChI is InChI=1S/C20H17N3O9S/c1-12-4-7-15(11-16(12)22(24)25)33(28,29)32-17-8-5-14(10-19(17)30-3)6-9-18-20(23(26)27)13(2)21-31-18/h4-11H,1-3H3/b9-6+. The van der Waals surface area contributed by atoms with Crippen LogP contribution in [0.1, 0.15) is 22.6 Å². The highest BCUT2D eigenvalue weighted by Gasteiger charge is 2.24.